The van der Waals surface area contributed by atoms with Crippen LogP contribution in [0.15, 0.2) is 60.7 Å². The number of carbonyl (C=O) groups is 1. The highest BCUT2D eigenvalue weighted by Gasteiger charge is 2.37. The molecule has 4 heteroatoms. The molecular weight excluding hydrogens is 228 g/mol. The Kier molecular flexibility index (Phi) is 3.53. The van der Waals surface area contributed by atoms with Crippen LogP contribution in [0.2, 0.25) is 0 Å². The number of nitrogens with one attached hydrogen (secondary N) is 1. The summed E-state index contributed by atoms with van der Waals surface area (Å²) in [5.74, 6) is 4.87. The number of hydrazine groups is 1. The van der Waals surface area contributed by atoms with Crippen LogP contribution < -0.4 is 11.3 Å². The molecule has 92 valence electrons. The Balaban J connectivity index is 2.43. The average molecular weight is 242 g/mol. The fraction of sp³-hybridized carbons (Fsp3) is 0.0714. The first-order valence-corrected chi connectivity index (χ1v) is 5.54. The number of hydrogen-bond acceptors (Lipinski definition) is 4. The van der Waals surface area contributed by atoms with Crippen LogP contribution in [0.5, 0.6) is 0 Å². The van der Waals surface area contributed by atoms with Crippen LogP contribution in [0, 0.1) is 0 Å². The molecule has 0 saturated carbocycles. The fourth-order valence-electron chi connectivity index (χ4n) is 1.76. The van der Waals surface area contributed by atoms with Gasteiger partial charge in [-0.3, -0.25) is 10.6 Å². The zero-order valence-electron chi connectivity index (χ0n) is 9.71. The maximum atomic E-state index is 12.3. The largest absolute Gasteiger partial charge is 0.364 e. The summed E-state index contributed by atoms with van der Waals surface area (Å²) in [5.41, 5.74) is 1.08. The van der Waals surface area contributed by atoms with Crippen molar-refractivity contribution in [1.82, 2.24) is 5.43 Å². The van der Waals surface area contributed by atoms with Crippen LogP contribution >= 0.6 is 0 Å². The lowest BCUT2D eigenvalue weighted by atomic mass is 9.94. The van der Waals surface area contributed by atoms with E-state index in [1.165, 1.54) is 0 Å². The predicted molar refractivity (Wildman–Crippen MR) is 68.4 cm³/mol. The van der Waals surface area contributed by atoms with E-state index in [4.69, 9.17) is 5.84 Å². The molecule has 4 nitrogen and oxygen atoms in total. The highest BCUT2D eigenvalue weighted by molar-refractivity contribution is 6.02. The predicted octanol–water partition coefficient (Wildman–Crippen LogP) is 1.18. The third kappa shape index (κ3) is 2.17. The average Bonchev–Trinajstić information content (AvgIpc) is 2.47. The number of hydrogen-bond donors (Lipinski definition) is 3. The SMILES string of the molecule is NNC(O)(C(=O)c1ccccc1)c1ccccc1. The normalized spacial score (nSPS) is 13.9. The number of Topliss-reactive ketones (excluding diaryl/α,β-unsaturated/α-hetero) is 1. The van der Waals surface area contributed by atoms with Crippen molar-refractivity contribution in [3.8, 4) is 0 Å². The van der Waals surface area contributed by atoms with Gasteiger partial charge in [0.25, 0.3) is 0 Å². The van der Waals surface area contributed by atoms with Gasteiger partial charge in [-0.2, -0.15) is 0 Å². The van der Waals surface area contributed by atoms with Gasteiger partial charge in [-0.15, -0.1) is 0 Å². The molecule has 0 heterocycles. The van der Waals surface area contributed by atoms with E-state index in [0.29, 0.717) is 11.1 Å². The quantitative estimate of drug-likeness (QED) is 0.326. The summed E-state index contributed by atoms with van der Waals surface area (Å²) in [5, 5.41) is 10.4. The number of nitrogens with two attached hydrogens (primary N) is 1. The van der Waals surface area contributed by atoms with Crippen molar-refractivity contribution in [3.63, 3.8) is 0 Å². The first-order chi connectivity index (χ1) is 8.68. The molecule has 2 rings (SSSR count). The van der Waals surface area contributed by atoms with E-state index >= 15 is 0 Å². The highest BCUT2D eigenvalue weighted by atomic mass is 16.3. The minimum Gasteiger partial charge on any atom is -0.364 e. The van der Waals surface area contributed by atoms with Crippen molar-refractivity contribution in [3.05, 3.63) is 71.8 Å². The molecule has 2 aromatic rings. The molecule has 18 heavy (non-hydrogen) atoms. The van der Waals surface area contributed by atoms with Crippen molar-refractivity contribution in [2.45, 2.75) is 5.72 Å². The molecule has 0 aliphatic rings. The Hall–Kier alpha value is -2.01. The molecule has 0 aliphatic carbocycles. The molecule has 0 aromatic heterocycles. The maximum absolute atomic E-state index is 12.3. The third-order valence-electron chi connectivity index (χ3n) is 2.77. The first kappa shape index (κ1) is 12.4. The minimum absolute atomic E-state index is 0.391. The van der Waals surface area contributed by atoms with E-state index in [9.17, 15) is 9.90 Å². The number of benzene rings is 2. The number of aliphatic hydroxyl groups is 1. The Morgan fingerprint density at radius 3 is 2.00 bits per heavy atom. The molecule has 0 radical (unpaired) electrons. The topological polar surface area (TPSA) is 75.3 Å². The minimum atomic E-state index is -1.91. The summed E-state index contributed by atoms with van der Waals surface area (Å²) in [4.78, 5) is 12.3. The van der Waals surface area contributed by atoms with Crippen LogP contribution in [0.1, 0.15) is 15.9 Å². The molecule has 0 fully saturated rings. The van der Waals surface area contributed by atoms with E-state index in [-0.39, 0.29) is 0 Å². The van der Waals surface area contributed by atoms with Crippen molar-refractivity contribution < 1.29 is 9.90 Å². The van der Waals surface area contributed by atoms with Gasteiger partial charge in [0.05, 0.1) is 0 Å². The second-order valence-corrected chi connectivity index (χ2v) is 3.92. The van der Waals surface area contributed by atoms with Crippen LogP contribution in [-0.4, -0.2) is 10.9 Å². The molecule has 0 saturated heterocycles. The standard InChI is InChI=1S/C14H14N2O2/c15-16-14(18,12-9-5-2-6-10-12)13(17)11-7-3-1-4-8-11/h1-10,16,18H,15H2. The highest BCUT2D eigenvalue weighted by Crippen LogP contribution is 2.22. The summed E-state index contributed by atoms with van der Waals surface area (Å²) in [6.07, 6.45) is 0. The van der Waals surface area contributed by atoms with Crippen molar-refractivity contribution >= 4 is 5.78 Å². The summed E-state index contributed by atoms with van der Waals surface area (Å²) in [6.45, 7) is 0. The lowest BCUT2D eigenvalue weighted by Gasteiger charge is -2.26. The van der Waals surface area contributed by atoms with E-state index < -0.39 is 11.5 Å². The Morgan fingerprint density at radius 2 is 1.50 bits per heavy atom. The fourth-order valence-corrected chi connectivity index (χ4v) is 1.76. The van der Waals surface area contributed by atoms with Gasteiger partial charge in [0.2, 0.25) is 11.5 Å². The Labute approximate surface area is 105 Å². The van der Waals surface area contributed by atoms with Crippen molar-refractivity contribution in [1.29, 1.82) is 0 Å². The molecule has 2 aromatic carbocycles. The van der Waals surface area contributed by atoms with Gasteiger partial charge < -0.3 is 5.11 Å². The van der Waals surface area contributed by atoms with Crippen molar-refractivity contribution in [2.24, 2.45) is 5.84 Å². The lowest BCUT2D eigenvalue weighted by molar-refractivity contribution is 0.00965. The van der Waals surface area contributed by atoms with E-state index in [1.807, 2.05) is 0 Å². The third-order valence-corrected chi connectivity index (χ3v) is 2.77. The number of ketones is 1. The lowest BCUT2D eigenvalue weighted by Crippen LogP contribution is -2.52. The Morgan fingerprint density at radius 1 is 1.00 bits per heavy atom. The number of carbonyl (C=O) groups excluding carboxylic acids is 1. The van der Waals surface area contributed by atoms with E-state index in [0.717, 1.165) is 0 Å². The van der Waals surface area contributed by atoms with Gasteiger partial charge in [-0.05, 0) is 0 Å². The molecule has 1 atom stereocenters. The molecule has 1 unspecified atom stereocenters. The molecule has 0 aliphatic heterocycles. The van der Waals surface area contributed by atoms with Gasteiger partial charge in [0, 0.05) is 11.1 Å². The molecule has 4 N–H and O–H groups in total. The summed E-state index contributed by atoms with van der Waals surface area (Å²) < 4.78 is 0. The van der Waals surface area contributed by atoms with E-state index in [1.54, 1.807) is 60.7 Å². The van der Waals surface area contributed by atoms with Gasteiger partial charge in [-0.25, -0.2) is 5.43 Å². The summed E-state index contributed by atoms with van der Waals surface area (Å²) in [7, 11) is 0. The zero-order chi connectivity index (χ0) is 13.0. The van der Waals surface area contributed by atoms with Gasteiger partial charge in [0.1, 0.15) is 0 Å². The van der Waals surface area contributed by atoms with Crippen molar-refractivity contribution in [2.75, 3.05) is 0 Å². The van der Waals surface area contributed by atoms with Crippen LogP contribution in [0.4, 0.5) is 0 Å². The first-order valence-electron chi connectivity index (χ1n) is 5.54. The molecule has 0 amide bonds. The summed E-state index contributed by atoms with van der Waals surface area (Å²) >= 11 is 0. The zero-order valence-corrected chi connectivity index (χ0v) is 9.71. The maximum Gasteiger partial charge on any atom is 0.219 e. The van der Waals surface area contributed by atoms with Crippen LogP contribution in [-0.2, 0) is 5.72 Å². The smallest absolute Gasteiger partial charge is 0.219 e. The molecular formula is C14H14N2O2. The molecule has 0 spiro atoms. The van der Waals surface area contributed by atoms with E-state index in [2.05, 4.69) is 5.43 Å². The van der Waals surface area contributed by atoms with Crippen LogP contribution in [0.3, 0.4) is 0 Å². The molecule has 0 bridgehead atoms. The Bertz CT molecular complexity index is 528. The second-order valence-electron chi connectivity index (χ2n) is 3.92. The second kappa shape index (κ2) is 5.10. The van der Waals surface area contributed by atoms with Gasteiger partial charge in [-0.1, -0.05) is 60.7 Å². The van der Waals surface area contributed by atoms with Gasteiger partial charge >= 0.3 is 0 Å². The van der Waals surface area contributed by atoms with Crippen LogP contribution in [0.25, 0.3) is 0 Å². The number of rotatable bonds is 4. The van der Waals surface area contributed by atoms with Gasteiger partial charge in [0.15, 0.2) is 0 Å². The summed E-state index contributed by atoms with van der Waals surface area (Å²) in [6, 6.07) is 17.1. The monoisotopic (exact) mass is 242 g/mol.